The van der Waals surface area contributed by atoms with Crippen LogP contribution in [0.15, 0.2) is 24.3 Å². The molecule has 0 aliphatic carbocycles. The minimum atomic E-state index is -3.37. The number of amides is 1. The van der Waals surface area contributed by atoms with E-state index in [1.807, 2.05) is 31.2 Å². The SMILES string of the molecule is Cc1ccc(OCC(=O)N2CCN(S(=O)(=O)N3CCCC3)CC2)cc1. The molecule has 0 saturated carbocycles. The normalized spacial score (nSPS) is 20.0. The monoisotopic (exact) mass is 367 g/mol. The second kappa shape index (κ2) is 7.72. The molecule has 2 saturated heterocycles. The molecule has 2 aliphatic heterocycles. The number of nitrogens with zero attached hydrogens (tertiary/aromatic N) is 3. The average Bonchev–Trinajstić information content (AvgIpc) is 3.16. The number of benzene rings is 1. The molecule has 0 N–H and O–H groups in total. The van der Waals surface area contributed by atoms with Gasteiger partial charge in [0.25, 0.3) is 16.1 Å². The Morgan fingerprint density at radius 2 is 1.52 bits per heavy atom. The molecule has 3 rings (SSSR count). The number of carbonyl (C=O) groups is 1. The zero-order valence-corrected chi connectivity index (χ0v) is 15.4. The number of ether oxygens (including phenoxy) is 1. The molecule has 0 aromatic heterocycles. The molecule has 0 bridgehead atoms. The van der Waals surface area contributed by atoms with Gasteiger partial charge in [0.1, 0.15) is 5.75 Å². The lowest BCUT2D eigenvalue weighted by Gasteiger charge is -2.35. The molecule has 138 valence electrons. The number of hydrogen-bond acceptors (Lipinski definition) is 4. The van der Waals surface area contributed by atoms with Gasteiger partial charge in [0.15, 0.2) is 6.61 Å². The van der Waals surface area contributed by atoms with E-state index >= 15 is 0 Å². The van der Waals surface area contributed by atoms with E-state index in [-0.39, 0.29) is 12.5 Å². The number of rotatable bonds is 5. The molecule has 1 aromatic carbocycles. The largest absolute Gasteiger partial charge is 0.484 e. The van der Waals surface area contributed by atoms with Crippen molar-refractivity contribution in [1.29, 1.82) is 0 Å². The Balaban J connectivity index is 1.48. The molecule has 2 fully saturated rings. The van der Waals surface area contributed by atoms with Crippen LogP contribution in [0.4, 0.5) is 0 Å². The highest BCUT2D eigenvalue weighted by molar-refractivity contribution is 7.86. The topological polar surface area (TPSA) is 70.2 Å². The number of carbonyl (C=O) groups excluding carboxylic acids is 1. The van der Waals surface area contributed by atoms with Gasteiger partial charge in [-0.3, -0.25) is 4.79 Å². The zero-order chi connectivity index (χ0) is 17.9. The molecular formula is C17H25N3O4S. The maximum atomic E-state index is 12.5. The molecule has 0 unspecified atom stereocenters. The van der Waals surface area contributed by atoms with Gasteiger partial charge in [-0.15, -0.1) is 0 Å². The molecule has 0 atom stereocenters. The minimum absolute atomic E-state index is 0.0259. The van der Waals surface area contributed by atoms with Crippen molar-refractivity contribution < 1.29 is 17.9 Å². The summed E-state index contributed by atoms with van der Waals surface area (Å²) in [4.78, 5) is 13.9. The Bertz CT molecular complexity index is 691. The van der Waals surface area contributed by atoms with E-state index in [1.54, 1.807) is 9.21 Å². The molecule has 1 amide bonds. The van der Waals surface area contributed by atoms with Gasteiger partial charge < -0.3 is 9.64 Å². The number of hydrogen-bond donors (Lipinski definition) is 0. The first-order valence-electron chi connectivity index (χ1n) is 8.69. The van der Waals surface area contributed by atoms with Gasteiger partial charge in [-0.2, -0.15) is 17.0 Å². The van der Waals surface area contributed by atoms with E-state index in [1.165, 1.54) is 4.31 Å². The fourth-order valence-corrected chi connectivity index (χ4v) is 4.79. The summed E-state index contributed by atoms with van der Waals surface area (Å²) in [5, 5.41) is 0. The molecular weight excluding hydrogens is 342 g/mol. The lowest BCUT2D eigenvalue weighted by molar-refractivity contribution is -0.134. The highest BCUT2D eigenvalue weighted by Gasteiger charge is 2.34. The minimum Gasteiger partial charge on any atom is -0.484 e. The quantitative estimate of drug-likeness (QED) is 0.774. The van der Waals surface area contributed by atoms with E-state index in [4.69, 9.17) is 4.74 Å². The smallest absolute Gasteiger partial charge is 0.282 e. The summed E-state index contributed by atoms with van der Waals surface area (Å²) in [6.07, 6.45) is 1.85. The van der Waals surface area contributed by atoms with E-state index in [2.05, 4.69) is 0 Å². The summed E-state index contributed by atoms with van der Waals surface area (Å²) < 4.78 is 33.6. The van der Waals surface area contributed by atoms with E-state index in [9.17, 15) is 13.2 Å². The fraction of sp³-hybridized carbons (Fsp3) is 0.588. The Labute approximate surface area is 149 Å². The van der Waals surface area contributed by atoms with Gasteiger partial charge in [0.2, 0.25) is 0 Å². The van der Waals surface area contributed by atoms with Crippen LogP contribution in [0.1, 0.15) is 18.4 Å². The van der Waals surface area contributed by atoms with Crippen molar-refractivity contribution in [2.24, 2.45) is 0 Å². The third-order valence-electron chi connectivity index (χ3n) is 4.69. The Morgan fingerprint density at radius 1 is 0.960 bits per heavy atom. The summed E-state index contributed by atoms with van der Waals surface area (Å²) >= 11 is 0. The summed E-state index contributed by atoms with van der Waals surface area (Å²) in [5.74, 6) is 0.549. The predicted octanol–water partition coefficient (Wildman–Crippen LogP) is 0.859. The molecule has 2 heterocycles. The van der Waals surface area contributed by atoms with Crippen molar-refractivity contribution in [2.45, 2.75) is 19.8 Å². The van der Waals surface area contributed by atoms with Crippen LogP contribution in [0.2, 0.25) is 0 Å². The average molecular weight is 367 g/mol. The van der Waals surface area contributed by atoms with Crippen molar-refractivity contribution in [3.63, 3.8) is 0 Å². The highest BCUT2D eigenvalue weighted by atomic mass is 32.2. The van der Waals surface area contributed by atoms with E-state index < -0.39 is 10.2 Å². The van der Waals surface area contributed by atoms with Gasteiger partial charge in [0, 0.05) is 39.3 Å². The predicted molar refractivity (Wildman–Crippen MR) is 94.6 cm³/mol. The fourth-order valence-electron chi connectivity index (χ4n) is 3.12. The summed E-state index contributed by atoms with van der Waals surface area (Å²) in [6.45, 7) is 4.67. The first-order valence-corrected chi connectivity index (χ1v) is 10.1. The van der Waals surface area contributed by atoms with Gasteiger partial charge in [-0.1, -0.05) is 17.7 Å². The number of aryl methyl sites for hydroxylation is 1. The molecule has 2 aliphatic rings. The first-order chi connectivity index (χ1) is 12.0. The lowest BCUT2D eigenvalue weighted by Crippen LogP contribution is -2.54. The van der Waals surface area contributed by atoms with Crippen LogP contribution in [0.3, 0.4) is 0 Å². The molecule has 1 aromatic rings. The molecule has 7 nitrogen and oxygen atoms in total. The lowest BCUT2D eigenvalue weighted by atomic mass is 10.2. The maximum Gasteiger partial charge on any atom is 0.282 e. The van der Waals surface area contributed by atoms with Gasteiger partial charge in [-0.05, 0) is 31.9 Å². The van der Waals surface area contributed by atoms with Gasteiger partial charge in [0.05, 0.1) is 0 Å². The zero-order valence-electron chi connectivity index (χ0n) is 14.6. The van der Waals surface area contributed by atoms with Gasteiger partial charge in [-0.25, -0.2) is 0 Å². The van der Waals surface area contributed by atoms with Crippen molar-refractivity contribution in [2.75, 3.05) is 45.9 Å². The first kappa shape index (κ1) is 18.2. The summed E-state index contributed by atoms with van der Waals surface area (Å²) in [5.41, 5.74) is 1.13. The van der Waals surface area contributed by atoms with Crippen molar-refractivity contribution in [3.8, 4) is 5.75 Å². The van der Waals surface area contributed by atoms with Crippen LogP contribution < -0.4 is 4.74 Å². The van der Waals surface area contributed by atoms with Crippen LogP contribution in [-0.2, 0) is 15.0 Å². The highest BCUT2D eigenvalue weighted by Crippen LogP contribution is 2.18. The van der Waals surface area contributed by atoms with Crippen molar-refractivity contribution in [3.05, 3.63) is 29.8 Å². The Kier molecular flexibility index (Phi) is 5.61. The molecule has 0 radical (unpaired) electrons. The van der Waals surface area contributed by atoms with Crippen LogP contribution >= 0.6 is 0 Å². The van der Waals surface area contributed by atoms with Crippen LogP contribution in [0.5, 0.6) is 5.75 Å². The van der Waals surface area contributed by atoms with Crippen molar-refractivity contribution >= 4 is 16.1 Å². The second-order valence-electron chi connectivity index (χ2n) is 6.50. The molecule has 0 spiro atoms. The van der Waals surface area contributed by atoms with E-state index in [0.717, 1.165) is 18.4 Å². The Morgan fingerprint density at radius 3 is 2.12 bits per heavy atom. The second-order valence-corrected chi connectivity index (χ2v) is 8.42. The van der Waals surface area contributed by atoms with Crippen molar-refractivity contribution in [1.82, 2.24) is 13.5 Å². The van der Waals surface area contributed by atoms with Gasteiger partial charge >= 0.3 is 0 Å². The van der Waals surface area contributed by atoms with Crippen LogP contribution in [0, 0.1) is 6.92 Å². The van der Waals surface area contributed by atoms with Crippen LogP contribution in [-0.4, -0.2) is 73.7 Å². The van der Waals surface area contributed by atoms with E-state index in [0.29, 0.717) is 45.0 Å². The third kappa shape index (κ3) is 4.31. The molecule has 25 heavy (non-hydrogen) atoms. The Hall–Kier alpha value is -1.64. The summed E-state index contributed by atoms with van der Waals surface area (Å²) in [7, 11) is -3.37. The summed E-state index contributed by atoms with van der Waals surface area (Å²) in [6, 6.07) is 7.54. The standard InChI is InChI=1S/C17H25N3O4S/c1-15-4-6-16(7-5-15)24-14-17(21)18-10-12-20(13-11-18)25(22,23)19-8-2-3-9-19/h4-7H,2-3,8-14H2,1H3. The number of piperazine rings is 1. The maximum absolute atomic E-state index is 12.5. The molecule has 8 heteroatoms. The van der Waals surface area contributed by atoms with Crippen LogP contribution in [0.25, 0.3) is 0 Å². The third-order valence-corrected chi connectivity index (χ3v) is 6.73.